The number of ether oxygens (including phenoxy) is 1. The highest BCUT2D eigenvalue weighted by Crippen LogP contribution is 2.20. The van der Waals surface area contributed by atoms with Gasteiger partial charge in [0, 0.05) is 18.0 Å². The molecule has 0 aliphatic carbocycles. The summed E-state index contributed by atoms with van der Waals surface area (Å²) < 4.78 is 5.86. The summed E-state index contributed by atoms with van der Waals surface area (Å²) in [4.78, 5) is 9.11. The van der Waals surface area contributed by atoms with E-state index in [1.165, 1.54) is 63.4 Å². The Balaban J connectivity index is 1.68. The van der Waals surface area contributed by atoms with E-state index in [9.17, 15) is 0 Å². The molecule has 0 fully saturated rings. The fourth-order valence-electron chi connectivity index (χ4n) is 3.34. The van der Waals surface area contributed by atoms with Crippen molar-refractivity contribution < 1.29 is 4.74 Å². The number of benzene rings is 1. The van der Waals surface area contributed by atoms with E-state index < -0.39 is 0 Å². The molecule has 0 radical (unpaired) electrons. The van der Waals surface area contributed by atoms with Gasteiger partial charge in [-0.15, -0.1) is 0 Å². The Morgan fingerprint density at radius 1 is 0.828 bits per heavy atom. The van der Waals surface area contributed by atoms with Crippen LogP contribution in [-0.4, -0.2) is 16.6 Å². The third-order valence-electron chi connectivity index (χ3n) is 5.16. The van der Waals surface area contributed by atoms with Gasteiger partial charge < -0.3 is 4.74 Å². The van der Waals surface area contributed by atoms with E-state index in [1.54, 1.807) is 0 Å². The summed E-state index contributed by atoms with van der Waals surface area (Å²) >= 11 is 0. The zero-order chi connectivity index (χ0) is 20.6. The number of aromatic nitrogens is 2. The lowest BCUT2D eigenvalue weighted by molar-refractivity contribution is 0.305. The van der Waals surface area contributed by atoms with Gasteiger partial charge in [0.25, 0.3) is 0 Å². The number of allylic oxidation sites excluding steroid dienone is 2. The maximum atomic E-state index is 5.86. The summed E-state index contributed by atoms with van der Waals surface area (Å²) in [6, 6.07) is 8.14. The lowest BCUT2D eigenvalue weighted by Gasteiger charge is -2.07. The number of rotatable bonds is 15. The van der Waals surface area contributed by atoms with Crippen molar-refractivity contribution in [3.05, 3.63) is 54.4 Å². The van der Waals surface area contributed by atoms with Crippen molar-refractivity contribution in [3.8, 4) is 17.1 Å². The molecule has 0 bridgehead atoms. The molecule has 0 atom stereocenters. The summed E-state index contributed by atoms with van der Waals surface area (Å²) in [7, 11) is 0. The van der Waals surface area contributed by atoms with Crippen LogP contribution < -0.4 is 4.74 Å². The fourth-order valence-corrected chi connectivity index (χ4v) is 3.34. The van der Waals surface area contributed by atoms with Crippen molar-refractivity contribution in [1.82, 2.24) is 9.97 Å². The van der Waals surface area contributed by atoms with Crippen molar-refractivity contribution in [1.29, 1.82) is 0 Å². The predicted octanol–water partition coefficient (Wildman–Crippen LogP) is 7.56. The molecule has 0 aliphatic heterocycles. The summed E-state index contributed by atoms with van der Waals surface area (Å²) in [5.74, 6) is 1.71. The van der Waals surface area contributed by atoms with Gasteiger partial charge in [0.05, 0.1) is 6.61 Å². The van der Waals surface area contributed by atoms with Gasteiger partial charge in [0.1, 0.15) is 5.75 Å². The van der Waals surface area contributed by atoms with Crippen LogP contribution in [0.2, 0.25) is 0 Å². The monoisotopic (exact) mass is 394 g/mol. The van der Waals surface area contributed by atoms with Crippen molar-refractivity contribution in [3.63, 3.8) is 0 Å². The minimum absolute atomic E-state index is 0.784. The summed E-state index contributed by atoms with van der Waals surface area (Å²) in [6.45, 7) is 5.11. The number of hydrogen-bond donors (Lipinski definition) is 0. The summed E-state index contributed by atoms with van der Waals surface area (Å²) in [5, 5.41) is 0. The average molecular weight is 395 g/mol. The molecular formula is C26H38N2O. The molecule has 2 aromatic rings. The van der Waals surface area contributed by atoms with Crippen LogP contribution in [0.5, 0.6) is 5.75 Å². The van der Waals surface area contributed by atoms with E-state index >= 15 is 0 Å². The van der Waals surface area contributed by atoms with Crippen LogP contribution in [-0.2, 0) is 6.42 Å². The molecule has 29 heavy (non-hydrogen) atoms. The van der Waals surface area contributed by atoms with Crippen molar-refractivity contribution in [2.45, 2.75) is 84.5 Å². The summed E-state index contributed by atoms with van der Waals surface area (Å²) in [6.07, 6.45) is 22.0. The van der Waals surface area contributed by atoms with Crippen LogP contribution in [0.15, 0.2) is 48.8 Å². The first-order chi connectivity index (χ1) is 14.3. The van der Waals surface area contributed by atoms with E-state index in [0.29, 0.717) is 0 Å². The summed E-state index contributed by atoms with van der Waals surface area (Å²) in [5.41, 5.74) is 2.27. The van der Waals surface area contributed by atoms with Gasteiger partial charge in [-0.05, 0) is 68.9 Å². The Kier molecular flexibility index (Phi) is 11.8. The topological polar surface area (TPSA) is 35.0 Å². The van der Waals surface area contributed by atoms with E-state index in [0.717, 1.165) is 36.6 Å². The third-order valence-corrected chi connectivity index (χ3v) is 5.16. The molecule has 0 N–H and O–H groups in total. The first kappa shape index (κ1) is 23.1. The highest BCUT2D eigenvalue weighted by molar-refractivity contribution is 5.55. The second-order valence-electron chi connectivity index (χ2n) is 7.72. The fraction of sp³-hybridized carbons (Fsp3) is 0.538. The molecule has 0 aliphatic rings. The largest absolute Gasteiger partial charge is 0.494 e. The Hall–Kier alpha value is -2.16. The molecule has 0 spiro atoms. The van der Waals surface area contributed by atoms with Crippen LogP contribution in [0, 0.1) is 0 Å². The molecular weight excluding hydrogens is 356 g/mol. The van der Waals surface area contributed by atoms with E-state index in [1.807, 2.05) is 36.7 Å². The van der Waals surface area contributed by atoms with Crippen LogP contribution >= 0.6 is 0 Å². The maximum absolute atomic E-state index is 5.86. The molecule has 0 saturated heterocycles. The minimum Gasteiger partial charge on any atom is -0.494 e. The first-order valence-corrected chi connectivity index (χ1v) is 11.5. The van der Waals surface area contributed by atoms with E-state index in [-0.39, 0.29) is 0 Å². The van der Waals surface area contributed by atoms with Gasteiger partial charge >= 0.3 is 0 Å². The highest BCUT2D eigenvalue weighted by atomic mass is 16.5. The lowest BCUT2D eigenvalue weighted by atomic mass is 10.1. The Bertz CT molecular complexity index is 677. The van der Waals surface area contributed by atoms with Gasteiger partial charge in [0.15, 0.2) is 5.82 Å². The van der Waals surface area contributed by atoms with Gasteiger partial charge in [-0.2, -0.15) is 0 Å². The second-order valence-corrected chi connectivity index (χ2v) is 7.72. The number of unbranched alkanes of at least 4 members (excludes halogenated alkanes) is 8. The number of nitrogens with zero attached hydrogens (tertiary/aromatic N) is 2. The average Bonchev–Trinajstić information content (AvgIpc) is 2.76. The normalized spacial score (nSPS) is 11.2. The molecule has 2 rings (SSSR count). The van der Waals surface area contributed by atoms with E-state index in [4.69, 9.17) is 4.74 Å². The Morgan fingerprint density at radius 2 is 1.52 bits per heavy atom. The van der Waals surface area contributed by atoms with Gasteiger partial charge in [0.2, 0.25) is 0 Å². The Labute approximate surface area is 177 Å². The van der Waals surface area contributed by atoms with Crippen LogP contribution in [0.25, 0.3) is 11.4 Å². The van der Waals surface area contributed by atoms with Crippen LogP contribution in [0.3, 0.4) is 0 Å². The smallest absolute Gasteiger partial charge is 0.159 e. The number of aryl methyl sites for hydroxylation is 1. The molecule has 158 valence electrons. The molecule has 0 unspecified atom stereocenters. The van der Waals surface area contributed by atoms with E-state index in [2.05, 4.69) is 36.0 Å². The van der Waals surface area contributed by atoms with Gasteiger partial charge in [-0.3, -0.25) is 0 Å². The minimum atomic E-state index is 0.784. The molecule has 1 heterocycles. The third kappa shape index (κ3) is 9.74. The first-order valence-electron chi connectivity index (χ1n) is 11.5. The van der Waals surface area contributed by atoms with Crippen LogP contribution in [0.1, 0.15) is 83.6 Å². The van der Waals surface area contributed by atoms with Crippen LogP contribution in [0.4, 0.5) is 0 Å². The quantitative estimate of drug-likeness (QED) is 0.231. The maximum Gasteiger partial charge on any atom is 0.159 e. The SMILES string of the molecule is CC=CCCCCCCOc1ccc(-c2ncc(CCCCCCC)cn2)cc1. The highest BCUT2D eigenvalue weighted by Gasteiger charge is 2.03. The molecule has 1 aromatic carbocycles. The second kappa shape index (κ2) is 14.8. The van der Waals surface area contributed by atoms with Crippen molar-refractivity contribution in [2.75, 3.05) is 6.61 Å². The standard InChI is InChI=1S/C26H38N2O/c1-3-5-7-9-10-12-14-20-29-25-18-16-24(17-19-25)26-27-21-23(22-28-26)15-13-11-8-6-4-2/h3,5,16-19,21-22H,4,6-15,20H2,1-2H3. The Morgan fingerprint density at radius 3 is 2.24 bits per heavy atom. The van der Waals surface area contributed by atoms with Crippen molar-refractivity contribution in [2.24, 2.45) is 0 Å². The zero-order valence-electron chi connectivity index (χ0n) is 18.4. The zero-order valence-corrected chi connectivity index (χ0v) is 18.4. The molecule has 0 amide bonds. The number of hydrogen-bond acceptors (Lipinski definition) is 3. The van der Waals surface area contributed by atoms with Crippen molar-refractivity contribution >= 4 is 0 Å². The molecule has 0 saturated carbocycles. The van der Waals surface area contributed by atoms with Gasteiger partial charge in [-0.1, -0.05) is 57.6 Å². The van der Waals surface area contributed by atoms with Gasteiger partial charge in [-0.25, -0.2) is 9.97 Å². The lowest BCUT2D eigenvalue weighted by Crippen LogP contribution is -1.97. The molecule has 3 heteroatoms. The molecule has 3 nitrogen and oxygen atoms in total. The predicted molar refractivity (Wildman–Crippen MR) is 123 cm³/mol. The molecule has 1 aromatic heterocycles.